The minimum absolute atomic E-state index is 0.131. The van der Waals surface area contributed by atoms with Gasteiger partial charge >= 0.3 is 0 Å². The van der Waals surface area contributed by atoms with E-state index < -0.39 is 0 Å². The molecule has 4 heteroatoms. The first kappa shape index (κ1) is 12.5. The van der Waals surface area contributed by atoms with Gasteiger partial charge in [0.15, 0.2) is 4.67 Å². The highest BCUT2D eigenvalue weighted by molar-refractivity contribution is 9.10. The third-order valence-corrected chi connectivity index (χ3v) is 5.22. The third kappa shape index (κ3) is 2.42. The molecule has 2 N–H and O–H groups in total. The number of fused-ring (bicyclic) bond motifs is 1. The van der Waals surface area contributed by atoms with E-state index in [0.29, 0.717) is 0 Å². The van der Waals surface area contributed by atoms with Crippen LogP contribution in [0.5, 0.6) is 0 Å². The molecule has 0 saturated heterocycles. The predicted octanol–water partition coefficient (Wildman–Crippen LogP) is 4.42. The van der Waals surface area contributed by atoms with E-state index in [4.69, 9.17) is 10.2 Å². The summed E-state index contributed by atoms with van der Waals surface area (Å²) < 4.78 is 6.30. The summed E-state index contributed by atoms with van der Waals surface area (Å²) in [4.78, 5) is 2.76. The number of thiophene rings is 1. The van der Waals surface area contributed by atoms with Gasteiger partial charge in [0.1, 0.15) is 5.76 Å². The summed E-state index contributed by atoms with van der Waals surface area (Å²) in [6.07, 6.45) is 6.40. The van der Waals surface area contributed by atoms with E-state index in [1.54, 1.807) is 0 Å². The van der Waals surface area contributed by atoms with E-state index in [1.165, 1.54) is 47.4 Å². The van der Waals surface area contributed by atoms with Crippen LogP contribution in [0, 0.1) is 0 Å². The Hall–Kier alpha value is -0.580. The highest BCUT2D eigenvalue weighted by Crippen LogP contribution is 2.34. The van der Waals surface area contributed by atoms with Crippen molar-refractivity contribution in [3.63, 3.8) is 0 Å². The Morgan fingerprint density at radius 3 is 2.83 bits per heavy atom. The number of nitrogens with two attached hydrogens (primary N) is 1. The molecule has 0 bridgehead atoms. The molecule has 1 atom stereocenters. The predicted molar refractivity (Wildman–Crippen MR) is 78.0 cm³/mol. The number of aryl methyl sites for hydroxylation is 2. The Morgan fingerprint density at radius 2 is 2.06 bits per heavy atom. The van der Waals surface area contributed by atoms with Crippen molar-refractivity contribution in [2.45, 2.75) is 38.1 Å². The van der Waals surface area contributed by atoms with Crippen LogP contribution in [-0.2, 0) is 12.8 Å². The van der Waals surface area contributed by atoms with Gasteiger partial charge in [0.25, 0.3) is 0 Å². The summed E-state index contributed by atoms with van der Waals surface area (Å²) in [5, 5.41) is 0. The lowest BCUT2D eigenvalue weighted by molar-refractivity contribution is 0.472. The molecule has 0 amide bonds. The Kier molecular flexibility index (Phi) is 3.59. The number of hydrogen-bond acceptors (Lipinski definition) is 3. The van der Waals surface area contributed by atoms with Gasteiger partial charge in [-0.25, -0.2) is 0 Å². The molecule has 96 valence electrons. The van der Waals surface area contributed by atoms with E-state index in [-0.39, 0.29) is 6.04 Å². The van der Waals surface area contributed by atoms with Gasteiger partial charge in [-0.1, -0.05) is 6.42 Å². The van der Waals surface area contributed by atoms with Crippen LogP contribution in [0.3, 0.4) is 0 Å². The summed E-state index contributed by atoms with van der Waals surface area (Å²) in [5.41, 5.74) is 7.78. The van der Waals surface area contributed by atoms with Crippen molar-refractivity contribution < 1.29 is 4.42 Å². The van der Waals surface area contributed by atoms with Crippen LogP contribution in [0.1, 0.15) is 46.4 Å². The van der Waals surface area contributed by atoms with Crippen molar-refractivity contribution in [2.24, 2.45) is 5.73 Å². The Bertz CT molecular complexity index is 522. The molecular weight excluding hydrogens is 310 g/mol. The van der Waals surface area contributed by atoms with Crippen LogP contribution in [0.25, 0.3) is 0 Å². The van der Waals surface area contributed by atoms with Crippen molar-refractivity contribution in [1.82, 2.24) is 0 Å². The molecule has 0 fully saturated rings. The average molecular weight is 326 g/mol. The third-order valence-electron chi connectivity index (χ3n) is 3.47. The minimum Gasteiger partial charge on any atom is -0.452 e. The van der Waals surface area contributed by atoms with Gasteiger partial charge in [-0.3, -0.25) is 0 Å². The smallest absolute Gasteiger partial charge is 0.169 e. The van der Waals surface area contributed by atoms with E-state index >= 15 is 0 Å². The molecule has 2 aromatic heterocycles. The molecule has 1 aliphatic rings. The summed E-state index contributed by atoms with van der Waals surface area (Å²) in [5.74, 6) is 0.832. The molecule has 2 aromatic rings. The van der Waals surface area contributed by atoms with Gasteiger partial charge in [-0.2, -0.15) is 0 Å². The number of halogens is 1. The molecule has 0 saturated carbocycles. The lowest BCUT2D eigenvalue weighted by atomic mass is 10.1. The summed E-state index contributed by atoms with van der Waals surface area (Å²) in [6.45, 7) is 0. The van der Waals surface area contributed by atoms with Crippen LogP contribution >= 0.6 is 27.3 Å². The second-order valence-electron chi connectivity index (χ2n) is 4.78. The van der Waals surface area contributed by atoms with Crippen LogP contribution < -0.4 is 5.73 Å². The van der Waals surface area contributed by atoms with Gasteiger partial charge in [-0.05, 0) is 65.4 Å². The fraction of sp³-hybridized carbons (Fsp3) is 0.429. The number of furan rings is 1. The molecule has 18 heavy (non-hydrogen) atoms. The summed E-state index contributed by atoms with van der Waals surface area (Å²) in [7, 11) is 0. The standard InChI is InChI=1S/C14H16BrNOS/c15-13-7-6-10(17-13)14(16)12-8-9-4-2-1-3-5-11(9)18-12/h6-8,14H,1-5,16H2. The molecular formula is C14H16BrNOS. The van der Waals surface area contributed by atoms with Gasteiger partial charge in [-0.15, -0.1) is 11.3 Å². The average Bonchev–Trinajstić information content (AvgIpc) is 2.90. The van der Waals surface area contributed by atoms with Crippen LogP contribution in [0.15, 0.2) is 27.3 Å². The quantitative estimate of drug-likeness (QED) is 0.830. The zero-order chi connectivity index (χ0) is 12.5. The van der Waals surface area contributed by atoms with Crippen molar-refractivity contribution >= 4 is 27.3 Å². The molecule has 1 unspecified atom stereocenters. The molecule has 0 spiro atoms. The Balaban J connectivity index is 1.88. The first-order valence-corrected chi connectivity index (χ1v) is 7.97. The molecule has 3 rings (SSSR count). The van der Waals surface area contributed by atoms with E-state index in [9.17, 15) is 0 Å². The van der Waals surface area contributed by atoms with Crippen molar-refractivity contribution in [3.05, 3.63) is 43.9 Å². The van der Waals surface area contributed by atoms with Crippen molar-refractivity contribution in [2.75, 3.05) is 0 Å². The summed E-state index contributed by atoms with van der Waals surface area (Å²) >= 11 is 5.18. The van der Waals surface area contributed by atoms with Crippen LogP contribution in [-0.4, -0.2) is 0 Å². The first-order valence-electron chi connectivity index (χ1n) is 6.36. The minimum atomic E-state index is -0.131. The fourth-order valence-electron chi connectivity index (χ4n) is 2.48. The summed E-state index contributed by atoms with van der Waals surface area (Å²) in [6, 6.07) is 5.99. The molecule has 2 nitrogen and oxygen atoms in total. The van der Waals surface area contributed by atoms with Crippen LogP contribution in [0.2, 0.25) is 0 Å². The van der Waals surface area contributed by atoms with E-state index in [2.05, 4.69) is 22.0 Å². The van der Waals surface area contributed by atoms with Crippen molar-refractivity contribution in [3.8, 4) is 0 Å². The maximum absolute atomic E-state index is 6.28. The highest BCUT2D eigenvalue weighted by atomic mass is 79.9. The molecule has 0 aliphatic heterocycles. The molecule has 0 aromatic carbocycles. The lowest BCUT2D eigenvalue weighted by Crippen LogP contribution is -2.08. The van der Waals surface area contributed by atoms with E-state index in [1.807, 2.05) is 23.5 Å². The largest absolute Gasteiger partial charge is 0.452 e. The Morgan fingerprint density at radius 1 is 1.22 bits per heavy atom. The first-order chi connectivity index (χ1) is 8.74. The van der Waals surface area contributed by atoms with Gasteiger partial charge in [0.2, 0.25) is 0 Å². The van der Waals surface area contributed by atoms with E-state index in [0.717, 1.165) is 10.4 Å². The zero-order valence-electron chi connectivity index (χ0n) is 10.1. The van der Waals surface area contributed by atoms with Crippen molar-refractivity contribution in [1.29, 1.82) is 0 Å². The Labute approximate surface area is 119 Å². The molecule has 2 heterocycles. The maximum Gasteiger partial charge on any atom is 0.169 e. The molecule has 1 aliphatic carbocycles. The topological polar surface area (TPSA) is 39.2 Å². The maximum atomic E-state index is 6.28. The fourth-order valence-corrected chi connectivity index (χ4v) is 4.07. The number of rotatable bonds is 2. The lowest BCUT2D eigenvalue weighted by Gasteiger charge is -2.05. The van der Waals surface area contributed by atoms with Gasteiger partial charge in [0, 0.05) is 9.75 Å². The second kappa shape index (κ2) is 5.19. The monoisotopic (exact) mass is 325 g/mol. The zero-order valence-corrected chi connectivity index (χ0v) is 12.5. The van der Waals surface area contributed by atoms with Gasteiger partial charge in [0.05, 0.1) is 6.04 Å². The SMILES string of the molecule is NC(c1ccc(Br)o1)c1cc2c(s1)CCCCC2. The van der Waals surface area contributed by atoms with Crippen LogP contribution in [0.4, 0.5) is 0 Å². The molecule has 0 radical (unpaired) electrons. The highest BCUT2D eigenvalue weighted by Gasteiger charge is 2.19. The second-order valence-corrected chi connectivity index (χ2v) is 6.73. The number of hydrogen-bond donors (Lipinski definition) is 1. The van der Waals surface area contributed by atoms with Gasteiger partial charge < -0.3 is 10.2 Å². The normalized spacial score (nSPS) is 17.2.